The molecule has 0 radical (unpaired) electrons. The van der Waals surface area contributed by atoms with E-state index in [-0.39, 0.29) is 5.70 Å². The second kappa shape index (κ2) is 6.78. The summed E-state index contributed by atoms with van der Waals surface area (Å²) >= 11 is 5.75. The van der Waals surface area contributed by atoms with E-state index in [1.54, 1.807) is 36.4 Å². The Kier molecular flexibility index (Phi) is 4.80. The van der Waals surface area contributed by atoms with E-state index in [2.05, 4.69) is 5.32 Å². The number of halogens is 1. The van der Waals surface area contributed by atoms with Gasteiger partial charge in [0, 0.05) is 16.7 Å². The lowest BCUT2D eigenvalue weighted by molar-refractivity contribution is -0.132. The number of rotatable bonds is 5. The van der Waals surface area contributed by atoms with Gasteiger partial charge in [-0.1, -0.05) is 23.7 Å². The highest BCUT2D eigenvalue weighted by Gasteiger charge is 2.12. The van der Waals surface area contributed by atoms with Gasteiger partial charge in [0.05, 0.1) is 11.4 Å². The molecule has 22 heavy (non-hydrogen) atoms. The quantitative estimate of drug-likeness (QED) is 0.447. The number of benzene rings is 2. The summed E-state index contributed by atoms with van der Waals surface area (Å²) in [6.07, 6.45) is 1.01. The van der Waals surface area contributed by atoms with Crippen LogP contribution in [0.15, 0.2) is 60.3 Å². The Hall–Kier alpha value is -2.79. The fourth-order valence-electron chi connectivity index (χ4n) is 1.74. The van der Waals surface area contributed by atoms with Crippen molar-refractivity contribution in [3.8, 4) is 0 Å². The van der Waals surface area contributed by atoms with E-state index < -0.39 is 11.8 Å². The first kappa shape index (κ1) is 15.6. The molecular weight excluding hydrogens is 304 g/mol. The first-order chi connectivity index (χ1) is 10.5. The smallest absolute Gasteiger partial charge is 0.352 e. The van der Waals surface area contributed by atoms with Crippen LogP contribution in [-0.4, -0.2) is 16.9 Å². The minimum Gasteiger partial charge on any atom is -0.477 e. The second-order valence-corrected chi connectivity index (χ2v) is 4.88. The molecule has 0 aliphatic heterocycles. The van der Waals surface area contributed by atoms with E-state index in [9.17, 15) is 14.7 Å². The highest BCUT2D eigenvalue weighted by molar-refractivity contribution is 6.30. The summed E-state index contributed by atoms with van der Waals surface area (Å²) in [5.74, 6) is -1.71. The van der Waals surface area contributed by atoms with E-state index in [0.717, 1.165) is 6.08 Å². The van der Waals surface area contributed by atoms with Gasteiger partial charge in [0.25, 0.3) is 0 Å². The number of aliphatic carboxylic acids is 1. The molecule has 0 fully saturated rings. The zero-order chi connectivity index (χ0) is 16.1. The maximum Gasteiger partial charge on any atom is 0.352 e. The summed E-state index contributed by atoms with van der Waals surface area (Å²) in [7, 11) is 0. The van der Waals surface area contributed by atoms with Crippen LogP contribution < -0.4 is 11.1 Å². The number of nitrogens with one attached hydrogen (secondary N) is 1. The van der Waals surface area contributed by atoms with Gasteiger partial charge in [-0.3, -0.25) is 4.79 Å². The standard InChI is InChI=1S/C16H13ClN2O3/c17-11-7-5-10(6-8-11)15(20)9-14(16(21)22)19-13-4-2-1-3-12(13)18/h1-9,19H,18H2,(H,21,22)/b14-9-. The molecule has 0 spiro atoms. The van der Waals surface area contributed by atoms with Gasteiger partial charge in [0.1, 0.15) is 5.70 Å². The number of hydrogen-bond donors (Lipinski definition) is 3. The van der Waals surface area contributed by atoms with Crippen molar-refractivity contribution in [2.45, 2.75) is 0 Å². The second-order valence-electron chi connectivity index (χ2n) is 4.45. The Morgan fingerprint density at radius 1 is 1.09 bits per heavy atom. The molecule has 2 aromatic carbocycles. The maximum atomic E-state index is 12.1. The summed E-state index contributed by atoms with van der Waals surface area (Å²) in [6, 6.07) is 12.9. The topological polar surface area (TPSA) is 92.4 Å². The molecule has 0 heterocycles. The number of anilines is 2. The molecule has 0 aromatic heterocycles. The lowest BCUT2D eigenvalue weighted by Crippen LogP contribution is -2.13. The SMILES string of the molecule is Nc1ccccc1N/C(=C\C(=O)c1ccc(Cl)cc1)C(=O)O. The third-order valence-corrected chi connectivity index (χ3v) is 3.12. The lowest BCUT2D eigenvalue weighted by Gasteiger charge is -2.09. The van der Waals surface area contributed by atoms with Gasteiger partial charge in [-0.25, -0.2) is 4.79 Å². The summed E-state index contributed by atoms with van der Waals surface area (Å²) in [4.78, 5) is 23.4. The average Bonchev–Trinajstić information content (AvgIpc) is 2.49. The third-order valence-electron chi connectivity index (χ3n) is 2.86. The summed E-state index contributed by atoms with van der Waals surface area (Å²) < 4.78 is 0. The number of nitrogens with two attached hydrogens (primary N) is 1. The number of carbonyl (C=O) groups excluding carboxylic acids is 1. The lowest BCUT2D eigenvalue weighted by atomic mass is 10.1. The van der Waals surface area contributed by atoms with Crippen LogP contribution in [0.5, 0.6) is 0 Å². The molecule has 6 heteroatoms. The van der Waals surface area contributed by atoms with E-state index in [1.807, 2.05) is 0 Å². The fourth-order valence-corrected chi connectivity index (χ4v) is 1.86. The molecule has 2 rings (SSSR count). The molecule has 2 aromatic rings. The van der Waals surface area contributed by atoms with Crippen molar-refractivity contribution in [2.24, 2.45) is 0 Å². The molecule has 0 saturated heterocycles. The maximum absolute atomic E-state index is 12.1. The third kappa shape index (κ3) is 3.86. The van der Waals surface area contributed by atoms with Crippen molar-refractivity contribution < 1.29 is 14.7 Å². The average molecular weight is 317 g/mol. The number of hydrogen-bond acceptors (Lipinski definition) is 4. The van der Waals surface area contributed by atoms with Crippen LogP contribution in [0.2, 0.25) is 5.02 Å². The molecular formula is C16H13ClN2O3. The number of para-hydroxylation sites is 2. The van der Waals surface area contributed by atoms with Crippen LogP contribution in [-0.2, 0) is 4.79 Å². The van der Waals surface area contributed by atoms with Gasteiger partial charge in [0.2, 0.25) is 0 Å². The number of ketones is 1. The summed E-state index contributed by atoms with van der Waals surface area (Å²) in [6.45, 7) is 0. The Labute approximate surface area is 132 Å². The Bertz CT molecular complexity index is 739. The van der Waals surface area contributed by atoms with Gasteiger partial charge in [0.15, 0.2) is 5.78 Å². The van der Waals surface area contributed by atoms with Crippen molar-refractivity contribution in [1.82, 2.24) is 0 Å². The molecule has 4 N–H and O–H groups in total. The number of carbonyl (C=O) groups is 2. The number of nitrogen functional groups attached to an aromatic ring is 1. The van der Waals surface area contributed by atoms with Crippen LogP contribution >= 0.6 is 11.6 Å². The van der Waals surface area contributed by atoms with Gasteiger partial charge < -0.3 is 16.2 Å². The zero-order valence-corrected chi connectivity index (χ0v) is 12.2. The highest BCUT2D eigenvalue weighted by atomic mass is 35.5. The molecule has 0 aliphatic rings. The molecule has 0 unspecified atom stereocenters. The minimum absolute atomic E-state index is 0.266. The van der Waals surface area contributed by atoms with Crippen LogP contribution in [0.3, 0.4) is 0 Å². The monoisotopic (exact) mass is 316 g/mol. The highest BCUT2D eigenvalue weighted by Crippen LogP contribution is 2.19. The van der Waals surface area contributed by atoms with Gasteiger partial charge in [-0.2, -0.15) is 0 Å². The van der Waals surface area contributed by atoms with Gasteiger partial charge >= 0.3 is 5.97 Å². The van der Waals surface area contributed by atoms with E-state index >= 15 is 0 Å². The van der Waals surface area contributed by atoms with Crippen molar-refractivity contribution in [2.75, 3.05) is 11.1 Å². The van der Waals surface area contributed by atoms with Crippen LogP contribution in [0.25, 0.3) is 0 Å². The van der Waals surface area contributed by atoms with Crippen molar-refractivity contribution >= 4 is 34.7 Å². The Morgan fingerprint density at radius 3 is 2.32 bits per heavy atom. The summed E-state index contributed by atoms with van der Waals surface area (Å²) in [5, 5.41) is 12.4. The van der Waals surface area contributed by atoms with Crippen LogP contribution in [0.4, 0.5) is 11.4 Å². The molecule has 0 amide bonds. The van der Waals surface area contributed by atoms with E-state index in [0.29, 0.717) is 22.0 Å². The number of carboxylic acid groups (broad SMARTS) is 1. The molecule has 5 nitrogen and oxygen atoms in total. The predicted molar refractivity (Wildman–Crippen MR) is 86.0 cm³/mol. The van der Waals surface area contributed by atoms with Gasteiger partial charge in [-0.15, -0.1) is 0 Å². The fraction of sp³-hybridized carbons (Fsp3) is 0. The van der Waals surface area contributed by atoms with Crippen molar-refractivity contribution in [1.29, 1.82) is 0 Å². The number of carboxylic acids is 1. The van der Waals surface area contributed by atoms with Crippen molar-refractivity contribution in [3.63, 3.8) is 0 Å². The Morgan fingerprint density at radius 2 is 1.73 bits per heavy atom. The first-order valence-electron chi connectivity index (χ1n) is 6.34. The first-order valence-corrected chi connectivity index (χ1v) is 6.71. The summed E-state index contributed by atoms with van der Waals surface area (Å²) in [5.41, 5.74) is 6.62. The van der Waals surface area contributed by atoms with Crippen LogP contribution in [0.1, 0.15) is 10.4 Å². The Balaban J connectivity index is 2.27. The predicted octanol–water partition coefficient (Wildman–Crippen LogP) is 3.19. The van der Waals surface area contributed by atoms with Crippen molar-refractivity contribution in [3.05, 3.63) is 70.9 Å². The van der Waals surface area contributed by atoms with Gasteiger partial charge in [-0.05, 0) is 36.4 Å². The molecule has 0 atom stereocenters. The molecule has 0 aliphatic carbocycles. The van der Waals surface area contributed by atoms with E-state index in [1.165, 1.54) is 12.1 Å². The normalized spacial score (nSPS) is 11.0. The molecule has 112 valence electrons. The molecule has 0 bridgehead atoms. The van der Waals surface area contributed by atoms with E-state index in [4.69, 9.17) is 17.3 Å². The minimum atomic E-state index is -1.26. The largest absolute Gasteiger partial charge is 0.477 e. The molecule has 0 saturated carbocycles. The van der Waals surface area contributed by atoms with Crippen LogP contribution in [0, 0.1) is 0 Å². The zero-order valence-electron chi connectivity index (χ0n) is 11.4. The number of allylic oxidation sites excluding steroid dienone is 1.